The molecule has 4 N–H and O–H groups in total. The number of amides is 1. The van der Waals surface area contributed by atoms with Gasteiger partial charge in [-0.25, -0.2) is 4.79 Å². The molecular weight excluding hydrogens is 318 g/mol. The molecule has 1 unspecified atom stereocenters. The Morgan fingerprint density at radius 1 is 1.17 bits per heavy atom. The summed E-state index contributed by atoms with van der Waals surface area (Å²) in [5.41, 5.74) is 0. The molecular formula is C15H29N3O6. The molecule has 0 fully saturated rings. The van der Waals surface area contributed by atoms with E-state index in [1.54, 1.807) is 0 Å². The van der Waals surface area contributed by atoms with E-state index in [-0.39, 0.29) is 43.2 Å². The predicted octanol–water partition coefficient (Wildman–Crippen LogP) is -1.95. The van der Waals surface area contributed by atoms with Crippen molar-refractivity contribution in [1.82, 2.24) is 5.32 Å². The lowest BCUT2D eigenvalue weighted by Crippen LogP contribution is -2.60. The van der Waals surface area contributed by atoms with Gasteiger partial charge in [-0.2, -0.15) is 5.90 Å². The largest absolute Gasteiger partial charge is 0.544 e. The van der Waals surface area contributed by atoms with Crippen molar-refractivity contribution in [2.75, 3.05) is 39.3 Å². The van der Waals surface area contributed by atoms with Gasteiger partial charge in [0.2, 0.25) is 5.91 Å². The molecule has 0 aromatic carbocycles. The number of carbonyl (C=O) groups is 3. The maximum atomic E-state index is 11.7. The van der Waals surface area contributed by atoms with Crippen LogP contribution in [0.3, 0.4) is 0 Å². The number of quaternary nitrogens is 1. The maximum absolute atomic E-state index is 11.7. The van der Waals surface area contributed by atoms with Crippen molar-refractivity contribution in [2.24, 2.45) is 5.90 Å². The summed E-state index contributed by atoms with van der Waals surface area (Å²) in [7, 11) is 0. The van der Waals surface area contributed by atoms with Crippen molar-refractivity contribution < 1.29 is 33.9 Å². The number of carboxylic acid groups (broad SMARTS) is 1. The lowest BCUT2D eigenvalue weighted by atomic mass is 10.1. The third kappa shape index (κ3) is 10.1. The molecule has 0 spiro atoms. The van der Waals surface area contributed by atoms with Gasteiger partial charge >= 0.3 is 5.97 Å². The fourth-order valence-corrected chi connectivity index (χ4v) is 2.51. The van der Waals surface area contributed by atoms with Crippen LogP contribution in [0.2, 0.25) is 0 Å². The quantitative estimate of drug-likeness (QED) is 0.188. The van der Waals surface area contributed by atoms with Gasteiger partial charge in [0.05, 0.1) is 25.7 Å². The minimum Gasteiger partial charge on any atom is -0.544 e. The minimum absolute atomic E-state index is 0.00938. The van der Waals surface area contributed by atoms with Gasteiger partial charge in [0.25, 0.3) is 0 Å². The number of aliphatic hydroxyl groups excluding tert-OH is 1. The zero-order valence-corrected chi connectivity index (χ0v) is 14.3. The zero-order chi connectivity index (χ0) is 18.4. The number of rotatable bonds is 14. The van der Waals surface area contributed by atoms with Gasteiger partial charge in [0, 0.05) is 6.42 Å². The Labute approximate surface area is 142 Å². The first-order valence-electron chi connectivity index (χ1n) is 8.21. The highest BCUT2D eigenvalue weighted by Gasteiger charge is 2.31. The number of hydrogen-bond acceptors (Lipinski definition) is 7. The molecule has 1 atom stereocenters. The summed E-state index contributed by atoms with van der Waals surface area (Å²) in [5, 5.41) is 22.9. The number of aliphatic hydroxyl groups is 1. The topological polar surface area (TPSA) is 142 Å². The molecule has 0 bridgehead atoms. The first-order chi connectivity index (χ1) is 11.4. The summed E-state index contributed by atoms with van der Waals surface area (Å²) >= 11 is 0. The molecule has 1 amide bonds. The number of nitrogens with zero attached hydrogens (tertiary/aromatic N) is 1. The van der Waals surface area contributed by atoms with Gasteiger partial charge in [-0.15, -0.1) is 0 Å². The number of carboxylic acids is 1. The second kappa shape index (κ2) is 12.7. The number of hydrogen-bond donors (Lipinski definition) is 3. The molecule has 0 aromatic rings. The van der Waals surface area contributed by atoms with Crippen molar-refractivity contribution >= 4 is 17.8 Å². The Balaban J connectivity index is 4.54. The third-order valence-electron chi connectivity index (χ3n) is 3.80. The number of aliphatic carboxylic acids is 1. The summed E-state index contributed by atoms with van der Waals surface area (Å²) in [4.78, 5) is 38.3. The summed E-state index contributed by atoms with van der Waals surface area (Å²) in [6.07, 6.45) is 4.36. The van der Waals surface area contributed by atoms with E-state index in [1.807, 2.05) is 0 Å². The Morgan fingerprint density at radius 2 is 1.88 bits per heavy atom. The lowest BCUT2D eigenvalue weighted by Gasteiger charge is -2.37. The minimum atomic E-state index is -1.36. The van der Waals surface area contributed by atoms with Crippen LogP contribution in [0.15, 0.2) is 0 Å². The van der Waals surface area contributed by atoms with Gasteiger partial charge in [-0.3, -0.25) is 4.79 Å². The number of nitrogens with one attached hydrogen (secondary N) is 1. The molecule has 24 heavy (non-hydrogen) atoms. The van der Waals surface area contributed by atoms with Crippen molar-refractivity contribution in [3.63, 3.8) is 0 Å². The highest BCUT2D eigenvalue weighted by Crippen LogP contribution is 2.07. The van der Waals surface area contributed by atoms with Gasteiger partial charge in [-0.05, 0) is 6.42 Å². The van der Waals surface area contributed by atoms with Crippen molar-refractivity contribution in [2.45, 2.75) is 39.0 Å². The Bertz CT molecular complexity index is 405. The highest BCUT2D eigenvalue weighted by molar-refractivity contribution is 5.75. The molecule has 0 saturated carbocycles. The Kier molecular flexibility index (Phi) is 11.8. The van der Waals surface area contributed by atoms with Gasteiger partial charge in [-0.1, -0.05) is 26.2 Å². The molecule has 9 nitrogen and oxygen atoms in total. The van der Waals surface area contributed by atoms with E-state index in [0.717, 1.165) is 25.7 Å². The molecule has 0 aromatic heterocycles. The van der Waals surface area contributed by atoms with Gasteiger partial charge in [0.1, 0.15) is 13.1 Å². The van der Waals surface area contributed by atoms with Gasteiger partial charge < -0.3 is 29.6 Å². The Hall–Kier alpha value is -1.71. The molecule has 140 valence electrons. The summed E-state index contributed by atoms with van der Waals surface area (Å²) in [5.74, 6) is 2.53. The molecule has 0 aliphatic heterocycles. The second-order valence-electron chi connectivity index (χ2n) is 5.85. The summed E-state index contributed by atoms with van der Waals surface area (Å²) in [6, 6.07) is 0. The molecule has 0 radical (unpaired) electrons. The van der Waals surface area contributed by atoms with Crippen LogP contribution >= 0.6 is 0 Å². The number of nitrogens with two attached hydrogens (primary N) is 1. The molecule has 0 heterocycles. The predicted molar refractivity (Wildman–Crippen MR) is 83.9 cm³/mol. The van der Waals surface area contributed by atoms with Crippen LogP contribution in [0.25, 0.3) is 0 Å². The maximum Gasteiger partial charge on any atom is 0.380 e. The Morgan fingerprint density at radius 3 is 2.42 bits per heavy atom. The first kappa shape index (κ1) is 22.3. The van der Waals surface area contributed by atoms with Crippen LogP contribution in [0.4, 0.5) is 0 Å². The lowest BCUT2D eigenvalue weighted by molar-refractivity contribution is -0.915. The molecule has 0 aliphatic carbocycles. The smallest absolute Gasteiger partial charge is 0.380 e. The standard InChI is InChI=1S/C15H29N3O6/c1-2-3-4-5-6-13(20)17-7-8-18(9-10-19,11-14(21)22)12-15(23)24-16/h19H,2-12,16H2,1H3,(H-,17,20,21,22). The molecule has 0 aliphatic rings. The second-order valence-corrected chi connectivity index (χ2v) is 5.85. The molecule has 0 rings (SSSR count). The summed E-state index contributed by atoms with van der Waals surface area (Å²) in [6.45, 7) is 1.29. The zero-order valence-electron chi connectivity index (χ0n) is 14.3. The van der Waals surface area contributed by atoms with E-state index in [9.17, 15) is 24.6 Å². The van der Waals surface area contributed by atoms with Crippen molar-refractivity contribution in [3.05, 3.63) is 0 Å². The third-order valence-corrected chi connectivity index (χ3v) is 3.80. The molecule has 9 heteroatoms. The molecule has 0 saturated heterocycles. The fraction of sp³-hybridized carbons (Fsp3) is 0.800. The van der Waals surface area contributed by atoms with Crippen LogP contribution < -0.4 is 16.3 Å². The van der Waals surface area contributed by atoms with E-state index in [2.05, 4.69) is 17.1 Å². The summed E-state index contributed by atoms with van der Waals surface area (Å²) < 4.78 is -0.301. The number of unbranched alkanes of at least 4 members (excludes halogenated alkanes) is 3. The first-order valence-corrected chi connectivity index (χ1v) is 8.21. The van der Waals surface area contributed by atoms with Crippen LogP contribution in [0.5, 0.6) is 0 Å². The van der Waals surface area contributed by atoms with Crippen LogP contribution in [0, 0.1) is 0 Å². The van der Waals surface area contributed by atoms with Crippen molar-refractivity contribution in [1.29, 1.82) is 0 Å². The average Bonchev–Trinajstić information content (AvgIpc) is 2.51. The highest BCUT2D eigenvalue weighted by atomic mass is 16.7. The normalized spacial score (nSPS) is 13.1. The SMILES string of the molecule is CCCCCCC(=O)NCC[N+](CCO)(CC(=O)[O-])CC(=O)ON. The average molecular weight is 347 g/mol. The van der Waals surface area contributed by atoms with Crippen molar-refractivity contribution in [3.8, 4) is 0 Å². The fourth-order valence-electron chi connectivity index (χ4n) is 2.51. The van der Waals surface area contributed by atoms with E-state index < -0.39 is 18.5 Å². The van der Waals surface area contributed by atoms with E-state index in [0.29, 0.717) is 6.42 Å². The van der Waals surface area contributed by atoms with Crippen LogP contribution in [-0.2, 0) is 19.2 Å². The van der Waals surface area contributed by atoms with Crippen LogP contribution in [-0.4, -0.2) is 66.8 Å². The monoisotopic (exact) mass is 347 g/mol. The van der Waals surface area contributed by atoms with Crippen LogP contribution in [0.1, 0.15) is 39.0 Å². The number of carbonyl (C=O) groups excluding carboxylic acids is 3. The van der Waals surface area contributed by atoms with E-state index in [1.165, 1.54) is 0 Å². The van der Waals surface area contributed by atoms with E-state index >= 15 is 0 Å². The van der Waals surface area contributed by atoms with E-state index in [4.69, 9.17) is 5.90 Å². The van der Waals surface area contributed by atoms with Gasteiger partial charge in [0.15, 0.2) is 6.54 Å².